The minimum atomic E-state index is -0.926. The van der Waals surface area contributed by atoms with Gasteiger partial charge in [0.25, 0.3) is 0 Å². The van der Waals surface area contributed by atoms with Crippen molar-refractivity contribution in [3.8, 4) is 0 Å². The summed E-state index contributed by atoms with van der Waals surface area (Å²) in [5.41, 5.74) is 1.41. The molecule has 166 valence electrons. The Bertz CT molecular complexity index is 890. The minimum absolute atomic E-state index is 0.173. The van der Waals surface area contributed by atoms with Crippen molar-refractivity contribution in [2.75, 3.05) is 13.2 Å². The Labute approximate surface area is 181 Å². The second-order valence-corrected chi connectivity index (χ2v) is 6.88. The quantitative estimate of drug-likeness (QED) is 0.312. The van der Waals surface area contributed by atoms with Gasteiger partial charge in [0.2, 0.25) is 0 Å². The van der Waals surface area contributed by atoms with Crippen molar-refractivity contribution in [3.63, 3.8) is 0 Å². The van der Waals surface area contributed by atoms with Crippen LogP contribution < -0.4 is 5.32 Å². The van der Waals surface area contributed by atoms with Gasteiger partial charge in [-0.15, -0.1) is 0 Å². The van der Waals surface area contributed by atoms with Gasteiger partial charge in [-0.2, -0.15) is 0 Å². The van der Waals surface area contributed by atoms with Gasteiger partial charge < -0.3 is 19.9 Å². The van der Waals surface area contributed by atoms with E-state index >= 15 is 0 Å². The van der Waals surface area contributed by atoms with Gasteiger partial charge >= 0.3 is 5.97 Å². The number of rotatable bonds is 10. The molecular formula is C24H28FNO5. The van der Waals surface area contributed by atoms with E-state index in [4.69, 9.17) is 9.47 Å². The first-order chi connectivity index (χ1) is 14.9. The molecule has 0 saturated heterocycles. The van der Waals surface area contributed by atoms with Gasteiger partial charge in [0, 0.05) is 30.3 Å². The highest BCUT2D eigenvalue weighted by Gasteiger charge is 2.11. The van der Waals surface area contributed by atoms with Gasteiger partial charge in [-0.3, -0.25) is 9.59 Å². The topological polar surface area (TPSA) is 84.9 Å². The summed E-state index contributed by atoms with van der Waals surface area (Å²) in [6.07, 6.45) is 14.4. The molecule has 0 saturated carbocycles. The zero-order valence-corrected chi connectivity index (χ0v) is 17.8. The number of aliphatic hydroxyl groups excluding tert-OH is 1. The fraction of sp³-hybridized carbons (Fsp3) is 0.333. The standard InChI is InChI=1S/C24H28FNO5/c1-3-30-24(29)8-5-13-31-22-7-4-6-18(9-12-22)23(17(2)27)16-26-20-14-19(25)10-11-21(28)15-20/h4,6,9-12,14-16,21,26,28H,3,5,7-8,13H2,1-2H3/b23-16+. The Hall–Kier alpha value is -3.19. The summed E-state index contributed by atoms with van der Waals surface area (Å²) in [6.45, 7) is 3.96. The van der Waals surface area contributed by atoms with Crippen molar-refractivity contribution >= 4 is 11.8 Å². The maximum absolute atomic E-state index is 13.6. The Morgan fingerprint density at radius 3 is 2.87 bits per heavy atom. The van der Waals surface area contributed by atoms with Crippen LogP contribution in [-0.2, 0) is 19.1 Å². The molecule has 0 spiro atoms. The molecule has 0 aliphatic heterocycles. The van der Waals surface area contributed by atoms with Gasteiger partial charge in [0.1, 0.15) is 5.83 Å². The third-order valence-corrected chi connectivity index (χ3v) is 4.35. The van der Waals surface area contributed by atoms with Crippen LogP contribution in [0.4, 0.5) is 4.39 Å². The molecule has 2 N–H and O–H groups in total. The summed E-state index contributed by atoms with van der Waals surface area (Å²) in [6, 6.07) is 0. The molecule has 0 amide bonds. The average molecular weight is 429 g/mol. The number of allylic oxidation sites excluding steroid dienone is 9. The summed E-state index contributed by atoms with van der Waals surface area (Å²) >= 11 is 0. The van der Waals surface area contributed by atoms with Crippen LogP contribution in [0.15, 0.2) is 83.2 Å². The van der Waals surface area contributed by atoms with E-state index in [1.54, 1.807) is 19.1 Å². The Kier molecular flexibility index (Phi) is 9.71. The van der Waals surface area contributed by atoms with E-state index in [0.29, 0.717) is 49.3 Å². The lowest BCUT2D eigenvalue weighted by Crippen LogP contribution is -2.11. The zero-order chi connectivity index (χ0) is 22.6. The second kappa shape index (κ2) is 12.5. The number of halogens is 1. The van der Waals surface area contributed by atoms with Crippen LogP contribution >= 0.6 is 0 Å². The molecule has 0 bridgehead atoms. The van der Waals surface area contributed by atoms with Gasteiger partial charge in [-0.05, 0) is 56.2 Å². The summed E-state index contributed by atoms with van der Waals surface area (Å²) < 4.78 is 24.2. The van der Waals surface area contributed by atoms with E-state index in [2.05, 4.69) is 5.32 Å². The van der Waals surface area contributed by atoms with Crippen LogP contribution in [0.25, 0.3) is 0 Å². The SMILES string of the molecule is CCOC(=O)CCCOC1=CC=C(/C(=C/NC2=CC(O)C=CC(F)=C2)C(C)=O)C=CC1. The lowest BCUT2D eigenvalue weighted by molar-refractivity contribution is -0.143. The molecule has 2 aliphatic carbocycles. The monoisotopic (exact) mass is 429 g/mol. The minimum Gasteiger partial charge on any atom is -0.498 e. The highest BCUT2D eigenvalue weighted by atomic mass is 19.1. The van der Waals surface area contributed by atoms with E-state index in [1.807, 2.05) is 12.2 Å². The number of carbonyl (C=O) groups excluding carboxylic acids is 2. The van der Waals surface area contributed by atoms with Crippen LogP contribution in [0.1, 0.15) is 33.1 Å². The summed E-state index contributed by atoms with van der Waals surface area (Å²) in [5, 5.41) is 12.6. The molecule has 0 aromatic rings. The van der Waals surface area contributed by atoms with Gasteiger partial charge in [0.05, 0.1) is 25.1 Å². The Morgan fingerprint density at radius 2 is 2.13 bits per heavy atom. The van der Waals surface area contributed by atoms with Gasteiger partial charge in [-0.25, -0.2) is 4.39 Å². The molecule has 2 rings (SSSR count). The van der Waals surface area contributed by atoms with Crippen molar-refractivity contribution < 1.29 is 28.6 Å². The number of Topliss-reactive ketones (excluding diaryl/α,β-unsaturated/α-hetero) is 1. The Morgan fingerprint density at radius 1 is 1.32 bits per heavy atom. The van der Waals surface area contributed by atoms with Gasteiger partial charge in [0.15, 0.2) is 5.78 Å². The molecule has 0 radical (unpaired) electrons. The summed E-state index contributed by atoms with van der Waals surface area (Å²) in [5.74, 6) is -0.201. The van der Waals surface area contributed by atoms with Crippen LogP contribution in [0.3, 0.4) is 0 Å². The third kappa shape index (κ3) is 8.60. The molecule has 0 aromatic carbocycles. The van der Waals surface area contributed by atoms with Gasteiger partial charge in [-0.1, -0.05) is 18.2 Å². The molecule has 31 heavy (non-hydrogen) atoms. The van der Waals surface area contributed by atoms with E-state index in [0.717, 1.165) is 5.76 Å². The molecule has 1 atom stereocenters. The zero-order valence-electron chi connectivity index (χ0n) is 17.8. The summed E-state index contributed by atoms with van der Waals surface area (Å²) in [4.78, 5) is 23.5. The van der Waals surface area contributed by atoms with Crippen molar-refractivity contribution in [2.24, 2.45) is 0 Å². The Balaban J connectivity index is 2.04. The second-order valence-electron chi connectivity index (χ2n) is 6.88. The number of carbonyl (C=O) groups is 2. The maximum atomic E-state index is 13.6. The molecule has 0 heterocycles. The summed E-state index contributed by atoms with van der Waals surface area (Å²) in [7, 11) is 0. The van der Waals surface area contributed by atoms with Crippen LogP contribution in [0.2, 0.25) is 0 Å². The first-order valence-electron chi connectivity index (χ1n) is 10.2. The predicted molar refractivity (Wildman–Crippen MR) is 116 cm³/mol. The molecule has 1 unspecified atom stereocenters. The van der Waals surface area contributed by atoms with E-state index in [-0.39, 0.29) is 11.8 Å². The molecule has 2 aliphatic rings. The number of hydrogen-bond acceptors (Lipinski definition) is 6. The van der Waals surface area contributed by atoms with Crippen LogP contribution in [0, 0.1) is 0 Å². The maximum Gasteiger partial charge on any atom is 0.305 e. The smallest absolute Gasteiger partial charge is 0.305 e. The predicted octanol–water partition coefficient (Wildman–Crippen LogP) is 3.85. The molecular weight excluding hydrogens is 401 g/mol. The first-order valence-corrected chi connectivity index (χ1v) is 10.2. The number of esters is 1. The fourth-order valence-electron chi connectivity index (χ4n) is 2.86. The van der Waals surface area contributed by atoms with E-state index < -0.39 is 11.9 Å². The van der Waals surface area contributed by atoms with Crippen LogP contribution in [-0.4, -0.2) is 36.2 Å². The van der Waals surface area contributed by atoms with Crippen molar-refractivity contribution in [1.29, 1.82) is 0 Å². The van der Waals surface area contributed by atoms with Crippen molar-refractivity contribution in [3.05, 3.63) is 83.2 Å². The highest BCUT2D eigenvalue weighted by Crippen LogP contribution is 2.20. The number of ketones is 1. The highest BCUT2D eigenvalue weighted by molar-refractivity contribution is 5.98. The number of ether oxygens (including phenoxy) is 2. The van der Waals surface area contributed by atoms with Crippen LogP contribution in [0.5, 0.6) is 0 Å². The first kappa shape index (κ1) is 24.1. The normalized spacial score (nSPS) is 18.7. The van der Waals surface area contributed by atoms with Crippen molar-refractivity contribution in [2.45, 2.75) is 39.2 Å². The lowest BCUT2D eigenvalue weighted by Gasteiger charge is -2.08. The molecule has 7 heteroatoms. The fourth-order valence-corrected chi connectivity index (χ4v) is 2.86. The number of aliphatic hydroxyl groups is 1. The lowest BCUT2D eigenvalue weighted by atomic mass is 10.0. The molecule has 0 fully saturated rings. The molecule has 6 nitrogen and oxygen atoms in total. The average Bonchev–Trinajstić information content (AvgIpc) is 3.04. The van der Waals surface area contributed by atoms with E-state index in [9.17, 15) is 19.1 Å². The van der Waals surface area contributed by atoms with E-state index in [1.165, 1.54) is 37.4 Å². The number of nitrogens with one attached hydrogen (secondary N) is 1. The molecule has 0 aromatic heterocycles. The number of hydrogen-bond donors (Lipinski definition) is 2. The van der Waals surface area contributed by atoms with Crippen molar-refractivity contribution in [1.82, 2.24) is 5.32 Å². The largest absolute Gasteiger partial charge is 0.498 e. The third-order valence-electron chi connectivity index (χ3n) is 4.35.